The summed E-state index contributed by atoms with van der Waals surface area (Å²) in [6.45, 7) is 7.70. The average molecular weight is 300 g/mol. The van der Waals surface area contributed by atoms with Crippen LogP contribution in [-0.4, -0.2) is 49.3 Å². The lowest BCUT2D eigenvalue weighted by atomic mass is 9.82. The summed E-state index contributed by atoms with van der Waals surface area (Å²) in [6.07, 6.45) is 1.99. The lowest BCUT2D eigenvalue weighted by molar-refractivity contribution is -0.149. The number of ether oxygens (including phenoxy) is 1. The summed E-state index contributed by atoms with van der Waals surface area (Å²) < 4.78 is 5.38. The second-order valence-corrected chi connectivity index (χ2v) is 5.71. The fourth-order valence-electron chi connectivity index (χ4n) is 2.61. The first-order valence-corrected chi connectivity index (χ1v) is 7.83. The number of aliphatic carboxylic acids is 1. The van der Waals surface area contributed by atoms with Gasteiger partial charge in [-0.05, 0) is 25.8 Å². The van der Waals surface area contributed by atoms with Gasteiger partial charge in [0.1, 0.15) is 0 Å². The van der Waals surface area contributed by atoms with E-state index >= 15 is 0 Å². The second-order valence-electron chi connectivity index (χ2n) is 5.71. The number of hydrogen-bond donors (Lipinski definition) is 3. The van der Waals surface area contributed by atoms with Crippen molar-refractivity contribution in [1.82, 2.24) is 10.6 Å². The monoisotopic (exact) mass is 300 g/mol. The van der Waals surface area contributed by atoms with Crippen molar-refractivity contribution in [1.29, 1.82) is 0 Å². The van der Waals surface area contributed by atoms with E-state index in [0.717, 1.165) is 13.0 Å². The van der Waals surface area contributed by atoms with Gasteiger partial charge in [0.05, 0.1) is 24.5 Å². The number of carboxylic acid groups (broad SMARTS) is 1. The normalized spacial score (nSPS) is 22.2. The van der Waals surface area contributed by atoms with E-state index in [4.69, 9.17) is 4.74 Å². The van der Waals surface area contributed by atoms with E-state index in [0.29, 0.717) is 26.1 Å². The van der Waals surface area contributed by atoms with E-state index in [2.05, 4.69) is 17.6 Å². The van der Waals surface area contributed by atoms with Gasteiger partial charge in [0.2, 0.25) is 5.91 Å². The summed E-state index contributed by atoms with van der Waals surface area (Å²) >= 11 is 0. The molecule has 1 rings (SSSR count). The van der Waals surface area contributed by atoms with Gasteiger partial charge in [0, 0.05) is 12.6 Å². The Kier molecular flexibility index (Phi) is 7.11. The first kappa shape index (κ1) is 17.9. The molecule has 0 radical (unpaired) electrons. The molecule has 1 aliphatic heterocycles. The van der Waals surface area contributed by atoms with Crippen LogP contribution in [0.25, 0.3) is 0 Å². The highest BCUT2D eigenvalue weighted by molar-refractivity contribution is 5.81. The van der Waals surface area contributed by atoms with E-state index in [1.807, 2.05) is 13.8 Å². The molecule has 1 amide bonds. The molecule has 3 N–H and O–H groups in total. The van der Waals surface area contributed by atoms with Crippen molar-refractivity contribution < 1.29 is 19.4 Å². The molecular weight excluding hydrogens is 272 g/mol. The molecular formula is C15H28N2O4. The smallest absolute Gasteiger partial charge is 0.311 e. The quantitative estimate of drug-likeness (QED) is 0.591. The number of amides is 1. The molecule has 2 atom stereocenters. The van der Waals surface area contributed by atoms with Crippen LogP contribution in [0.4, 0.5) is 0 Å². The number of hydrogen-bond acceptors (Lipinski definition) is 4. The Balaban J connectivity index is 2.57. The Hall–Kier alpha value is -1.14. The molecule has 1 fully saturated rings. The molecule has 0 spiro atoms. The van der Waals surface area contributed by atoms with E-state index in [9.17, 15) is 14.7 Å². The van der Waals surface area contributed by atoms with Crippen LogP contribution in [-0.2, 0) is 14.3 Å². The molecule has 0 aromatic carbocycles. The number of carbonyl (C=O) groups excluding carboxylic acids is 1. The molecule has 0 aliphatic carbocycles. The van der Waals surface area contributed by atoms with Crippen molar-refractivity contribution in [2.75, 3.05) is 26.3 Å². The maximum absolute atomic E-state index is 12.3. The highest BCUT2D eigenvalue weighted by Crippen LogP contribution is 2.26. The van der Waals surface area contributed by atoms with Crippen molar-refractivity contribution >= 4 is 11.9 Å². The first-order chi connectivity index (χ1) is 10.0. The summed E-state index contributed by atoms with van der Waals surface area (Å²) in [6, 6.07) is 0.0208. The molecule has 1 saturated heterocycles. The summed E-state index contributed by atoms with van der Waals surface area (Å²) in [4.78, 5) is 23.7. The molecule has 122 valence electrons. The van der Waals surface area contributed by atoms with Crippen molar-refractivity contribution in [3.8, 4) is 0 Å². The number of carboxylic acids is 1. The third kappa shape index (κ3) is 4.41. The maximum atomic E-state index is 12.3. The molecule has 1 heterocycles. The molecule has 6 nitrogen and oxygen atoms in total. The van der Waals surface area contributed by atoms with Crippen LogP contribution < -0.4 is 10.6 Å². The van der Waals surface area contributed by atoms with E-state index in [1.54, 1.807) is 0 Å². The zero-order chi connectivity index (χ0) is 15.9. The molecule has 21 heavy (non-hydrogen) atoms. The highest BCUT2D eigenvalue weighted by Gasteiger charge is 2.38. The Morgan fingerprint density at radius 2 is 1.90 bits per heavy atom. The highest BCUT2D eigenvalue weighted by atomic mass is 16.5. The largest absolute Gasteiger partial charge is 0.481 e. The van der Waals surface area contributed by atoms with Gasteiger partial charge in [-0.25, -0.2) is 0 Å². The van der Waals surface area contributed by atoms with E-state index in [1.165, 1.54) is 0 Å². The molecule has 0 aromatic heterocycles. The van der Waals surface area contributed by atoms with Crippen molar-refractivity contribution in [3.05, 3.63) is 0 Å². The minimum absolute atomic E-state index is 0.0208. The van der Waals surface area contributed by atoms with Crippen LogP contribution in [0.15, 0.2) is 0 Å². The van der Waals surface area contributed by atoms with Crippen LogP contribution in [0.2, 0.25) is 0 Å². The van der Waals surface area contributed by atoms with Gasteiger partial charge in [-0.2, -0.15) is 0 Å². The van der Waals surface area contributed by atoms with Crippen molar-refractivity contribution in [3.63, 3.8) is 0 Å². The van der Waals surface area contributed by atoms with Gasteiger partial charge in [-0.1, -0.05) is 20.8 Å². The third-order valence-electron chi connectivity index (χ3n) is 4.48. The van der Waals surface area contributed by atoms with Gasteiger partial charge in [0.15, 0.2) is 0 Å². The van der Waals surface area contributed by atoms with Crippen LogP contribution >= 0.6 is 0 Å². The fourth-order valence-corrected chi connectivity index (χ4v) is 2.61. The Morgan fingerprint density at radius 1 is 1.24 bits per heavy atom. The van der Waals surface area contributed by atoms with E-state index < -0.39 is 11.4 Å². The average Bonchev–Trinajstić information content (AvgIpc) is 2.94. The van der Waals surface area contributed by atoms with Crippen LogP contribution in [0, 0.1) is 11.3 Å². The van der Waals surface area contributed by atoms with Gasteiger partial charge >= 0.3 is 5.97 Å². The third-order valence-corrected chi connectivity index (χ3v) is 4.48. The zero-order valence-corrected chi connectivity index (χ0v) is 13.3. The molecule has 0 saturated carbocycles. The number of rotatable bonds is 9. The summed E-state index contributed by atoms with van der Waals surface area (Å²) in [5, 5.41) is 15.5. The molecule has 0 aromatic rings. The molecule has 2 unspecified atom stereocenters. The topological polar surface area (TPSA) is 87.7 Å². The summed E-state index contributed by atoms with van der Waals surface area (Å²) in [5.74, 6) is -1.21. The lowest BCUT2D eigenvalue weighted by Crippen LogP contribution is -2.48. The zero-order valence-electron chi connectivity index (χ0n) is 13.3. The van der Waals surface area contributed by atoms with E-state index in [-0.39, 0.29) is 24.4 Å². The molecule has 1 aliphatic rings. The van der Waals surface area contributed by atoms with Gasteiger partial charge in [0.25, 0.3) is 0 Å². The van der Waals surface area contributed by atoms with Crippen LogP contribution in [0.3, 0.4) is 0 Å². The predicted octanol–water partition coefficient (Wildman–Crippen LogP) is 1.01. The SMILES string of the molecule is CCCNC1COCC1C(=O)NCC(CC)(CC)C(=O)O. The number of carbonyl (C=O) groups is 2. The summed E-state index contributed by atoms with van der Waals surface area (Å²) in [7, 11) is 0. The Labute approximate surface area is 126 Å². The van der Waals surface area contributed by atoms with Gasteiger partial charge in [-0.15, -0.1) is 0 Å². The van der Waals surface area contributed by atoms with Gasteiger partial charge in [-0.3, -0.25) is 9.59 Å². The maximum Gasteiger partial charge on any atom is 0.311 e. The Bertz CT molecular complexity index is 356. The van der Waals surface area contributed by atoms with Crippen molar-refractivity contribution in [2.45, 2.75) is 46.1 Å². The minimum atomic E-state index is -0.874. The predicted molar refractivity (Wildman–Crippen MR) is 80.1 cm³/mol. The minimum Gasteiger partial charge on any atom is -0.481 e. The Morgan fingerprint density at radius 3 is 2.43 bits per heavy atom. The van der Waals surface area contributed by atoms with Crippen LogP contribution in [0.1, 0.15) is 40.0 Å². The van der Waals surface area contributed by atoms with Crippen LogP contribution in [0.5, 0.6) is 0 Å². The van der Waals surface area contributed by atoms with Gasteiger partial charge < -0.3 is 20.5 Å². The molecule has 6 heteroatoms. The lowest BCUT2D eigenvalue weighted by Gasteiger charge is -2.28. The second kappa shape index (κ2) is 8.34. The first-order valence-electron chi connectivity index (χ1n) is 7.83. The van der Waals surface area contributed by atoms with Crippen molar-refractivity contribution in [2.24, 2.45) is 11.3 Å². The summed E-state index contributed by atoms with van der Waals surface area (Å²) in [5.41, 5.74) is -0.874. The fraction of sp³-hybridized carbons (Fsp3) is 0.867. The standard InChI is InChI=1S/C15H28N2O4/c1-4-7-16-12-9-21-8-11(12)13(18)17-10-15(5-2,6-3)14(19)20/h11-12,16H,4-10H2,1-3H3,(H,17,18)(H,19,20). The number of nitrogens with one attached hydrogen (secondary N) is 2. The molecule has 0 bridgehead atoms.